The minimum Gasteiger partial charge on any atom is -0.495 e. The smallest absolute Gasteiger partial charge is 0.433 e. The van der Waals surface area contributed by atoms with Crippen molar-refractivity contribution in [2.24, 2.45) is 0 Å². The number of benzene rings is 1. The zero-order chi connectivity index (χ0) is 15.6. The van der Waals surface area contributed by atoms with Crippen molar-refractivity contribution in [3.8, 4) is 5.75 Å². The van der Waals surface area contributed by atoms with Gasteiger partial charge < -0.3 is 15.8 Å². The molecule has 0 aliphatic rings. The Labute approximate surface area is 123 Å². The summed E-state index contributed by atoms with van der Waals surface area (Å²) in [7, 11) is 1.46. The lowest BCUT2D eigenvalue weighted by Crippen LogP contribution is -2.09. The zero-order valence-corrected chi connectivity index (χ0v) is 11.6. The fourth-order valence-corrected chi connectivity index (χ4v) is 1.89. The second-order valence-corrected chi connectivity index (χ2v) is 4.54. The number of nitrogens with two attached hydrogens (primary N) is 1. The highest BCUT2D eigenvalue weighted by atomic mass is 35.5. The molecule has 0 saturated heterocycles. The van der Waals surface area contributed by atoms with E-state index in [1.54, 1.807) is 12.1 Å². The first-order valence-electron chi connectivity index (χ1n) is 5.74. The van der Waals surface area contributed by atoms with Crippen LogP contribution in [0.5, 0.6) is 5.75 Å². The number of alkyl halides is 3. The van der Waals surface area contributed by atoms with Crippen LogP contribution in [0.25, 0.3) is 0 Å². The number of pyridine rings is 1. The fourth-order valence-electron chi connectivity index (χ4n) is 1.63. The number of rotatable bonds is 3. The molecule has 2 aromatic rings. The summed E-state index contributed by atoms with van der Waals surface area (Å²) in [4.78, 5) is 3.26. The number of nitrogens with zero attached hydrogens (tertiary/aromatic N) is 1. The summed E-state index contributed by atoms with van der Waals surface area (Å²) >= 11 is 5.95. The van der Waals surface area contributed by atoms with Crippen LogP contribution in [0.15, 0.2) is 30.5 Å². The van der Waals surface area contributed by atoms with Gasteiger partial charge in [-0.05, 0) is 24.3 Å². The summed E-state index contributed by atoms with van der Waals surface area (Å²) in [6.07, 6.45) is -3.59. The van der Waals surface area contributed by atoms with Crippen molar-refractivity contribution in [1.29, 1.82) is 0 Å². The lowest BCUT2D eigenvalue weighted by atomic mass is 10.2. The number of hydrogen-bond acceptors (Lipinski definition) is 4. The Balaban J connectivity index is 2.33. The van der Waals surface area contributed by atoms with Crippen molar-refractivity contribution in [2.45, 2.75) is 6.18 Å². The molecule has 8 heteroatoms. The van der Waals surface area contributed by atoms with E-state index in [4.69, 9.17) is 22.1 Å². The Hall–Kier alpha value is -2.15. The maximum atomic E-state index is 12.6. The maximum Gasteiger partial charge on any atom is 0.433 e. The van der Waals surface area contributed by atoms with Crippen molar-refractivity contribution in [2.75, 3.05) is 18.2 Å². The number of anilines is 3. The largest absolute Gasteiger partial charge is 0.495 e. The monoisotopic (exact) mass is 317 g/mol. The Kier molecular flexibility index (Phi) is 4.13. The normalized spacial score (nSPS) is 11.3. The maximum absolute atomic E-state index is 12.6. The van der Waals surface area contributed by atoms with Gasteiger partial charge in [0.15, 0.2) is 0 Å². The van der Waals surface area contributed by atoms with Crippen molar-refractivity contribution < 1.29 is 17.9 Å². The summed E-state index contributed by atoms with van der Waals surface area (Å²) in [6.45, 7) is 0. The summed E-state index contributed by atoms with van der Waals surface area (Å²) in [5.41, 5.74) is 5.26. The molecule has 1 aromatic heterocycles. The average molecular weight is 318 g/mol. The zero-order valence-electron chi connectivity index (χ0n) is 10.8. The number of nitrogen functional groups attached to an aromatic ring is 1. The fraction of sp³-hybridized carbons (Fsp3) is 0.154. The first kappa shape index (κ1) is 15.2. The molecule has 112 valence electrons. The molecule has 0 atom stereocenters. The second-order valence-electron chi connectivity index (χ2n) is 4.13. The standard InChI is InChI=1S/C13H11ClF3N3O/c1-21-11-3-2-7(4-8(11)14)20-10-5-12(13(15,16)17)19-6-9(10)18/h2-6H,18H2,1H3,(H,19,20). The van der Waals surface area contributed by atoms with Gasteiger partial charge in [-0.3, -0.25) is 0 Å². The molecule has 0 bridgehead atoms. The predicted octanol–water partition coefficient (Wildman–Crippen LogP) is 4.09. The van der Waals surface area contributed by atoms with Gasteiger partial charge in [0.05, 0.1) is 29.7 Å². The minimum absolute atomic E-state index is 0.0925. The van der Waals surface area contributed by atoms with Crippen molar-refractivity contribution in [3.63, 3.8) is 0 Å². The highest BCUT2D eigenvalue weighted by molar-refractivity contribution is 6.32. The van der Waals surface area contributed by atoms with Gasteiger partial charge in [0.2, 0.25) is 0 Å². The number of halogens is 4. The highest BCUT2D eigenvalue weighted by Gasteiger charge is 2.32. The first-order valence-corrected chi connectivity index (χ1v) is 6.12. The predicted molar refractivity (Wildman–Crippen MR) is 74.9 cm³/mol. The van der Waals surface area contributed by atoms with Gasteiger partial charge in [0.25, 0.3) is 0 Å². The minimum atomic E-state index is -4.54. The molecule has 0 aliphatic heterocycles. The van der Waals surface area contributed by atoms with Gasteiger partial charge in [-0.25, -0.2) is 4.98 Å². The molecule has 0 fully saturated rings. The van der Waals surface area contributed by atoms with Gasteiger partial charge in [-0.1, -0.05) is 11.6 Å². The van der Waals surface area contributed by atoms with Crippen LogP contribution in [0.1, 0.15) is 5.69 Å². The molecule has 0 unspecified atom stereocenters. The third kappa shape index (κ3) is 3.49. The van der Waals surface area contributed by atoms with Crippen LogP contribution in [0.4, 0.5) is 30.2 Å². The van der Waals surface area contributed by atoms with E-state index in [1.807, 2.05) is 0 Å². The van der Waals surface area contributed by atoms with Crippen molar-refractivity contribution in [1.82, 2.24) is 4.98 Å². The van der Waals surface area contributed by atoms with Gasteiger partial charge in [-0.15, -0.1) is 0 Å². The number of aromatic nitrogens is 1. The Morgan fingerprint density at radius 3 is 2.57 bits per heavy atom. The van der Waals surface area contributed by atoms with Crippen LogP contribution in [0.3, 0.4) is 0 Å². The summed E-state index contributed by atoms with van der Waals surface area (Å²) in [6, 6.07) is 5.56. The molecular weight excluding hydrogens is 307 g/mol. The number of ether oxygens (including phenoxy) is 1. The molecule has 1 aromatic carbocycles. The molecule has 0 amide bonds. The summed E-state index contributed by atoms with van der Waals surface area (Å²) < 4.78 is 42.9. The topological polar surface area (TPSA) is 60.2 Å². The molecule has 3 N–H and O–H groups in total. The van der Waals surface area contributed by atoms with E-state index >= 15 is 0 Å². The quantitative estimate of drug-likeness (QED) is 0.895. The van der Waals surface area contributed by atoms with E-state index in [-0.39, 0.29) is 11.4 Å². The molecule has 0 radical (unpaired) electrons. The highest BCUT2D eigenvalue weighted by Crippen LogP contribution is 2.34. The van der Waals surface area contributed by atoms with Crippen LogP contribution in [-0.2, 0) is 6.18 Å². The first-order chi connectivity index (χ1) is 9.81. The average Bonchev–Trinajstić information content (AvgIpc) is 2.40. The van der Waals surface area contributed by atoms with Crippen molar-refractivity contribution in [3.05, 3.63) is 41.2 Å². The molecule has 0 saturated carbocycles. The third-order valence-corrected chi connectivity index (χ3v) is 2.95. The Morgan fingerprint density at radius 2 is 2.00 bits per heavy atom. The molecule has 0 aliphatic carbocycles. The van der Waals surface area contributed by atoms with Gasteiger partial charge in [0, 0.05) is 5.69 Å². The number of hydrogen-bond donors (Lipinski definition) is 2. The molecular formula is C13H11ClF3N3O. The number of nitrogens with one attached hydrogen (secondary N) is 1. The van der Waals surface area contributed by atoms with E-state index in [0.29, 0.717) is 16.5 Å². The molecule has 2 rings (SSSR count). The van der Waals surface area contributed by atoms with Crippen molar-refractivity contribution >= 4 is 28.7 Å². The van der Waals surface area contributed by atoms with Crippen LogP contribution in [0.2, 0.25) is 5.02 Å². The lowest BCUT2D eigenvalue weighted by molar-refractivity contribution is -0.141. The Bertz CT molecular complexity index is 662. The SMILES string of the molecule is COc1ccc(Nc2cc(C(F)(F)F)ncc2N)cc1Cl. The number of methoxy groups -OCH3 is 1. The van der Waals surface area contributed by atoms with E-state index < -0.39 is 11.9 Å². The van der Waals surface area contributed by atoms with Gasteiger partial charge in [-0.2, -0.15) is 13.2 Å². The third-order valence-electron chi connectivity index (χ3n) is 2.66. The second kappa shape index (κ2) is 5.69. The summed E-state index contributed by atoms with van der Waals surface area (Å²) in [5, 5.41) is 3.10. The molecule has 4 nitrogen and oxygen atoms in total. The summed E-state index contributed by atoms with van der Waals surface area (Å²) in [5.74, 6) is 0.459. The lowest BCUT2D eigenvalue weighted by Gasteiger charge is -2.13. The molecule has 0 spiro atoms. The molecule has 21 heavy (non-hydrogen) atoms. The van der Waals surface area contributed by atoms with Gasteiger partial charge in [0.1, 0.15) is 11.4 Å². The van der Waals surface area contributed by atoms with E-state index in [9.17, 15) is 13.2 Å². The molecule has 1 heterocycles. The van der Waals surface area contributed by atoms with E-state index in [0.717, 1.165) is 12.3 Å². The van der Waals surface area contributed by atoms with Crippen LogP contribution >= 0.6 is 11.6 Å². The van der Waals surface area contributed by atoms with E-state index in [1.165, 1.54) is 13.2 Å². The van der Waals surface area contributed by atoms with Crippen LogP contribution in [0, 0.1) is 0 Å². The van der Waals surface area contributed by atoms with E-state index in [2.05, 4.69) is 10.3 Å². The van der Waals surface area contributed by atoms with Crippen LogP contribution in [-0.4, -0.2) is 12.1 Å². The van der Waals surface area contributed by atoms with Crippen LogP contribution < -0.4 is 15.8 Å². The Morgan fingerprint density at radius 1 is 1.29 bits per heavy atom. The van der Waals surface area contributed by atoms with Gasteiger partial charge >= 0.3 is 6.18 Å².